The van der Waals surface area contributed by atoms with Crippen molar-refractivity contribution in [3.8, 4) is 0 Å². The fraction of sp³-hybridized carbons (Fsp3) is 0.231. The minimum atomic E-state index is 0.962. The number of aromatic nitrogens is 1. The Kier molecular flexibility index (Phi) is 5.09. The summed E-state index contributed by atoms with van der Waals surface area (Å²) in [5.41, 5.74) is 2.47. The number of nitrogens with one attached hydrogen (secondary N) is 1. The average Bonchev–Trinajstić information content (AvgIpc) is 2.28. The molecule has 0 bridgehead atoms. The van der Waals surface area contributed by atoms with Gasteiger partial charge in [-0.1, -0.05) is 12.2 Å². The van der Waals surface area contributed by atoms with E-state index in [0.29, 0.717) is 0 Å². The minimum Gasteiger partial charge on any atom is -0.309 e. The van der Waals surface area contributed by atoms with E-state index in [1.54, 1.807) is 0 Å². The van der Waals surface area contributed by atoms with Crippen LogP contribution < -0.4 is 0 Å². The molecule has 15 heavy (non-hydrogen) atoms. The molecule has 0 fully saturated rings. The predicted molar refractivity (Wildman–Crippen MR) is 64.2 cm³/mol. The molecule has 1 aromatic heterocycles. The summed E-state index contributed by atoms with van der Waals surface area (Å²) >= 11 is 0. The molecule has 2 heteroatoms. The molecule has 0 unspecified atom stereocenters. The van der Waals surface area contributed by atoms with Gasteiger partial charge in [0, 0.05) is 18.6 Å². The Bertz CT molecular complexity index is 350. The van der Waals surface area contributed by atoms with E-state index in [-0.39, 0.29) is 0 Å². The van der Waals surface area contributed by atoms with Gasteiger partial charge in [-0.2, -0.15) is 0 Å². The van der Waals surface area contributed by atoms with Crippen LogP contribution in [0.25, 0.3) is 0 Å². The van der Waals surface area contributed by atoms with Crippen molar-refractivity contribution in [2.75, 3.05) is 0 Å². The van der Waals surface area contributed by atoms with Crippen LogP contribution in [0, 0.1) is 5.41 Å². The highest BCUT2D eigenvalue weighted by atomic mass is 14.6. The van der Waals surface area contributed by atoms with E-state index in [9.17, 15) is 0 Å². The second-order valence-corrected chi connectivity index (χ2v) is 3.26. The van der Waals surface area contributed by atoms with Crippen LogP contribution in [0.5, 0.6) is 0 Å². The Morgan fingerprint density at radius 2 is 2.13 bits per heavy atom. The van der Waals surface area contributed by atoms with Gasteiger partial charge in [0.2, 0.25) is 0 Å². The van der Waals surface area contributed by atoms with Gasteiger partial charge in [-0.3, -0.25) is 4.98 Å². The lowest BCUT2D eigenvalue weighted by atomic mass is 10.1. The number of hydrogen-bond acceptors (Lipinski definition) is 2. The first kappa shape index (κ1) is 11.4. The van der Waals surface area contributed by atoms with E-state index in [0.717, 1.165) is 12.8 Å². The van der Waals surface area contributed by atoms with Crippen molar-refractivity contribution in [1.29, 1.82) is 5.41 Å². The van der Waals surface area contributed by atoms with Crippen LogP contribution >= 0.6 is 0 Å². The Balaban J connectivity index is 2.55. The minimum absolute atomic E-state index is 0.962. The summed E-state index contributed by atoms with van der Waals surface area (Å²) in [6.07, 6.45) is 12.8. The second-order valence-electron chi connectivity index (χ2n) is 3.26. The van der Waals surface area contributed by atoms with Crippen LogP contribution in [0.1, 0.15) is 18.9 Å². The molecule has 1 aromatic rings. The fourth-order valence-electron chi connectivity index (χ4n) is 1.38. The van der Waals surface area contributed by atoms with Crippen molar-refractivity contribution in [3.63, 3.8) is 0 Å². The third-order valence-corrected chi connectivity index (χ3v) is 2.13. The van der Waals surface area contributed by atoms with Gasteiger partial charge in [-0.25, -0.2) is 0 Å². The molecule has 0 saturated heterocycles. The van der Waals surface area contributed by atoms with Crippen LogP contribution in [-0.4, -0.2) is 11.2 Å². The Hall–Kier alpha value is -1.70. The zero-order valence-electron chi connectivity index (χ0n) is 8.98. The summed E-state index contributed by atoms with van der Waals surface area (Å²) in [5.74, 6) is 0. The first-order chi connectivity index (χ1) is 7.36. The first-order valence-corrected chi connectivity index (χ1v) is 5.08. The molecule has 0 aliphatic carbocycles. The van der Waals surface area contributed by atoms with Gasteiger partial charge in [0.15, 0.2) is 0 Å². The molecule has 0 spiro atoms. The smallest absolute Gasteiger partial charge is 0.0270 e. The van der Waals surface area contributed by atoms with Gasteiger partial charge in [0.25, 0.3) is 0 Å². The number of hydrogen-bond donors (Lipinski definition) is 1. The van der Waals surface area contributed by atoms with Crippen molar-refractivity contribution >= 4 is 6.21 Å². The molecular formula is C13H16N2. The second kappa shape index (κ2) is 6.71. The van der Waals surface area contributed by atoms with E-state index in [1.807, 2.05) is 49.7 Å². The van der Waals surface area contributed by atoms with E-state index in [4.69, 9.17) is 5.41 Å². The average molecular weight is 200 g/mol. The van der Waals surface area contributed by atoms with Crippen LogP contribution in [0.4, 0.5) is 0 Å². The molecule has 0 atom stereocenters. The van der Waals surface area contributed by atoms with Crippen LogP contribution in [0.3, 0.4) is 0 Å². The maximum Gasteiger partial charge on any atom is 0.0270 e. The molecule has 0 saturated carbocycles. The molecule has 78 valence electrons. The van der Waals surface area contributed by atoms with Crippen LogP contribution in [-0.2, 0) is 6.42 Å². The summed E-state index contributed by atoms with van der Waals surface area (Å²) in [6, 6.07) is 4.05. The summed E-state index contributed by atoms with van der Waals surface area (Å²) < 4.78 is 0. The monoisotopic (exact) mass is 200 g/mol. The number of rotatable bonds is 5. The molecule has 1 N–H and O–H groups in total. The summed E-state index contributed by atoms with van der Waals surface area (Å²) in [6.45, 7) is 1.99. The summed E-state index contributed by atoms with van der Waals surface area (Å²) in [4.78, 5) is 3.98. The molecule has 2 nitrogen and oxygen atoms in total. The summed E-state index contributed by atoms with van der Waals surface area (Å²) in [7, 11) is 0. The quantitative estimate of drug-likeness (QED) is 0.575. The van der Waals surface area contributed by atoms with Crippen LogP contribution in [0.15, 0.2) is 48.3 Å². The Morgan fingerprint density at radius 1 is 1.40 bits per heavy atom. The molecule has 0 aliphatic rings. The lowest BCUT2D eigenvalue weighted by Gasteiger charge is -2.01. The Labute approximate surface area is 90.9 Å². The van der Waals surface area contributed by atoms with Gasteiger partial charge in [-0.15, -0.1) is 0 Å². The third-order valence-electron chi connectivity index (χ3n) is 2.13. The number of allylic oxidation sites excluding steroid dienone is 4. The van der Waals surface area contributed by atoms with E-state index in [2.05, 4.69) is 4.98 Å². The molecule has 0 radical (unpaired) electrons. The molecule has 1 rings (SSSR count). The largest absolute Gasteiger partial charge is 0.309 e. The zero-order chi connectivity index (χ0) is 10.9. The molecule has 0 aromatic carbocycles. The maximum atomic E-state index is 7.05. The number of pyridine rings is 1. The fourth-order valence-corrected chi connectivity index (χ4v) is 1.38. The highest BCUT2D eigenvalue weighted by molar-refractivity contribution is 5.69. The Morgan fingerprint density at radius 3 is 2.73 bits per heavy atom. The van der Waals surface area contributed by atoms with Crippen molar-refractivity contribution in [3.05, 3.63) is 53.9 Å². The van der Waals surface area contributed by atoms with Crippen molar-refractivity contribution in [2.24, 2.45) is 0 Å². The van der Waals surface area contributed by atoms with E-state index >= 15 is 0 Å². The van der Waals surface area contributed by atoms with Gasteiger partial charge < -0.3 is 5.41 Å². The van der Waals surface area contributed by atoms with E-state index in [1.165, 1.54) is 17.4 Å². The van der Waals surface area contributed by atoms with Gasteiger partial charge >= 0.3 is 0 Å². The molecule has 0 aliphatic heterocycles. The van der Waals surface area contributed by atoms with Crippen molar-refractivity contribution in [2.45, 2.75) is 19.8 Å². The van der Waals surface area contributed by atoms with Gasteiger partial charge in [0.1, 0.15) is 0 Å². The highest BCUT2D eigenvalue weighted by Gasteiger charge is 1.94. The predicted octanol–water partition coefficient (Wildman–Crippen LogP) is 3.17. The topological polar surface area (TPSA) is 36.7 Å². The number of nitrogens with zero attached hydrogens (tertiary/aromatic N) is 1. The standard InChI is InChI=1S/C13H16N2/c1-2-3-12(6-9-14)4-5-13-7-10-15-11-8-13/h2-3,6-11,14H,4-5H2,1H3/b3-2-,12-6+,14-9?. The highest BCUT2D eigenvalue weighted by Crippen LogP contribution is 2.09. The van der Waals surface area contributed by atoms with Gasteiger partial charge in [-0.05, 0) is 49.1 Å². The summed E-state index contributed by atoms with van der Waals surface area (Å²) in [5, 5.41) is 7.05. The first-order valence-electron chi connectivity index (χ1n) is 5.08. The number of aryl methyl sites for hydroxylation is 1. The molecule has 1 heterocycles. The third kappa shape index (κ3) is 4.36. The lowest BCUT2D eigenvalue weighted by Crippen LogP contribution is -1.88. The lowest BCUT2D eigenvalue weighted by molar-refractivity contribution is 0.961. The zero-order valence-corrected chi connectivity index (χ0v) is 8.98. The SMILES string of the molecule is C/C=C\C(=C/C=N)CCc1ccncc1. The van der Waals surface area contributed by atoms with Crippen molar-refractivity contribution < 1.29 is 0 Å². The van der Waals surface area contributed by atoms with Crippen LogP contribution in [0.2, 0.25) is 0 Å². The van der Waals surface area contributed by atoms with Crippen molar-refractivity contribution in [1.82, 2.24) is 4.98 Å². The maximum absolute atomic E-state index is 7.05. The molecular weight excluding hydrogens is 184 g/mol. The normalized spacial score (nSPS) is 11.9. The van der Waals surface area contributed by atoms with Gasteiger partial charge in [0.05, 0.1) is 0 Å². The van der Waals surface area contributed by atoms with E-state index < -0.39 is 0 Å². The molecule has 0 amide bonds.